The Hall–Kier alpha value is -3.87. The second kappa shape index (κ2) is 9.55. The molecule has 4 rings (SSSR count). The summed E-state index contributed by atoms with van der Waals surface area (Å²) >= 11 is 0. The highest BCUT2D eigenvalue weighted by molar-refractivity contribution is 6.06. The number of ether oxygens (including phenoxy) is 2. The number of alkyl carbamates (subject to hydrolysis) is 1. The number of amides is 2. The lowest BCUT2D eigenvalue weighted by atomic mass is 9.95. The molecular weight excluding hydrogens is 435 g/mol. The summed E-state index contributed by atoms with van der Waals surface area (Å²) in [4.78, 5) is 28.1. The van der Waals surface area contributed by atoms with E-state index in [0.717, 1.165) is 16.8 Å². The van der Waals surface area contributed by atoms with Crippen LogP contribution in [-0.2, 0) is 9.53 Å². The summed E-state index contributed by atoms with van der Waals surface area (Å²) in [5, 5.41) is 2.77. The van der Waals surface area contributed by atoms with E-state index in [1.165, 1.54) is 24.3 Å². The van der Waals surface area contributed by atoms with E-state index < -0.39 is 17.7 Å². The maximum Gasteiger partial charge on any atom is 0.408 e. The molecule has 0 bridgehead atoms. The third-order valence-electron chi connectivity index (χ3n) is 5.33. The number of hydrogen-bond donors (Lipinski definition) is 1. The molecule has 3 aromatic rings. The number of anilines is 1. The minimum Gasteiger partial charge on any atom is -0.492 e. The monoisotopic (exact) mass is 462 g/mol. The van der Waals surface area contributed by atoms with E-state index in [4.69, 9.17) is 9.47 Å². The van der Waals surface area contributed by atoms with Crippen molar-refractivity contribution in [2.45, 2.75) is 32.4 Å². The predicted molar refractivity (Wildman–Crippen MR) is 128 cm³/mol. The van der Waals surface area contributed by atoms with Gasteiger partial charge in [-0.25, -0.2) is 9.18 Å². The highest BCUT2D eigenvalue weighted by atomic mass is 19.1. The minimum absolute atomic E-state index is 0.182. The van der Waals surface area contributed by atoms with Crippen molar-refractivity contribution in [1.29, 1.82) is 0 Å². The summed E-state index contributed by atoms with van der Waals surface area (Å²) in [5.74, 6) is -0.146. The van der Waals surface area contributed by atoms with Gasteiger partial charge in [0.1, 0.15) is 29.8 Å². The van der Waals surface area contributed by atoms with Crippen molar-refractivity contribution in [2.24, 2.45) is 0 Å². The minimum atomic E-state index is -0.940. The number of carbonyl (C=O) groups excluding carboxylic acids is 2. The molecule has 7 heteroatoms. The number of halogens is 1. The Labute approximate surface area is 198 Å². The second-order valence-electron chi connectivity index (χ2n) is 8.98. The van der Waals surface area contributed by atoms with Crippen molar-refractivity contribution >= 4 is 17.7 Å². The first kappa shape index (κ1) is 23.3. The van der Waals surface area contributed by atoms with E-state index in [2.05, 4.69) is 5.32 Å². The number of rotatable bonds is 5. The zero-order valence-electron chi connectivity index (χ0n) is 19.4. The Morgan fingerprint density at radius 1 is 0.971 bits per heavy atom. The van der Waals surface area contributed by atoms with Crippen LogP contribution in [-0.4, -0.2) is 30.8 Å². The Bertz CT molecular complexity index is 1190. The Morgan fingerprint density at radius 3 is 2.32 bits per heavy atom. The average molecular weight is 463 g/mol. The third-order valence-corrected chi connectivity index (χ3v) is 5.33. The van der Waals surface area contributed by atoms with Crippen molar-refractivity contribution in [3.8, 4) is 16.9 Å². The first-order chi connectivity index (χ1) is 16.2. The van der Waals surface area contributed by atoms with E-state index in [-0.39, 0.29) is 24.9 Å². The van der Waals surface area contributed by atoms with Gasteiger partial charge in [0.2, 0.25) is 0 Å². The maximum atomic E-state index is 13.8. The van der Waals surface area contributed by atoms with Crippen LogP contribution in [0.3, 0.4) is 0 Å². The molecule has 0 unspecified atom stereocenters. The summed E-state index contributed by atoms with van der Waals surface area (Å²) in [6.45, 7) is 5.72. The van der Waals surface area contributed by atoms with Crippen molar-refractivity contribution in [2.75, 3.05) is 18.1 Å². The van der Waals surface area contributed by atoms with Crippen molar-refractivity contribution in [3.63, 3.8) is 0 Å². The zero-order chi connectivity index (χ0) is 24.3. The number of para-hydroxylation sites is 1. The molecule has 2 amide bonds. The van der Waals surface area contributed by atoms with Gasteiger partial charge in [-0.15, -0.1) is 0 Å². The molecule has 1 heterocycles. The summed E-state index contributed by atoms with van der Waals surface area (Å²) in [6.07, 6.45) is -0.672. The van der Waals surface area contributed by atoms with Crippen LogP contribution in [0.2, 0.25) is 0 Å². The maximum absolute atomic E-state index is 13.8. The van der Waals surface area contributed by atoms with Gasteiger partial charge in [-0.3, -0.25) is 4.79 Å². The third kappa shape index (κ3) is 5.20. The molecule has 0 aliphatic carbocycles. The fourth-order valence-electron chi connectivity index (χ4n) is 3.92. The standard InChI is InChI=1S/C27H27FN2O4/c1-27(2,3)34-26(32)29-24-22-10-5-4-8-20(22)21-9-6-7-11-23(21)30(25(24)31)16-17-33-19-14-12-18(28)13-15-19/h4-15,24H,16-17H2,1-3H3,(H,29,32)/t24-/m0/s1. The Morgan fingerprint density at radius 2 is 1.62 bits per heavy atom. The molecule has 0 fully saturated rings. The molecule has 3 aromatic carbocycles. The van der Waals surface area contributed by atoms with E-state index in [1.54, 1.807) is 25.7 Å². The van der Waals surface area contributed by atoms with Gasteiger partial charge in [0.05, 0.1) is 12.2 Å². The van der Waals surface area contributed by atoms with Gasteiger partial charge in [0.15, 0.2) is 0 Å². The molecule has 1 aliphatic heterocycles. The van der Waals surface area contributed by atoms with Gasteiger partial charge < -0.3 is 19.7 Å². The number of fused-ring (bicyclic) bond motifs is 3. The van der Waals surface area contributed by atoms with Crippen LogP contribution in [0.1, 0.15) is 32.4 Å². The summed E-state index contributed by atoms with van der Waals surface area (Å²) in [7, 11) is 0. The van der Waals surface area contributed by atoms with Gasteiger partial charge in [-0.2, -0.15) is 0 Å². The number of carbonyl (C=O) groups is 2. The SMILES string of the molecule is CC(C)(C)OC(=O)N[C@@H]1C(=O)N(CCOc2ccc(F)cc2)c2ccccc2-c2ccccc21. The van der Waals surface area contributed by atoms with Crippen LogP contribution in [0, 0.1) is 5.82 Å². The van der Waals surface area contributed by atoms with E-state index in [0.29, 0.717) is 11.3 Å². The molecule has 1 aliphatic rings. The molecule has 0 saturated heterocycles. The average Bonchev–Trinajstić information content (AvgIpc) is 2.88. The lowest BCUT2D eigenvalue weighted by Gasteiger charge is -2.27. The van der Waals surface area contributed by atoms with Gasteiger partial charge in [0, 0.05) is 5.56 Å². The lowest BCUT2D eigenvalue weighted by molar-refractivity contribution is -0.120. The molecule has 6 nitrogen and oxygen atoms in total. The molecule has 176 valence electrons. The number of nitrogens with one attached hydrogen (secondary N) is 1. The van der Waals surface area contributed by atoms with Crippen molar-refractivity contribution < 1.29 is 23.5 Å². The molecule has 1 N–H and O–H groups in total. The van der Waals surface area contributed by atoms with E-state index >= 15 is 0 Å². The quantitative estimate of drug-likeness (QED) is 0.545. The normalized spacial score (nSPS) is 15.1. The number of hydrogen-bond acceptors (Lipinski definition) is 4. The fraction of sp³-hybridized carbons (Fsp3) is 0.259. The van der Waals surface area contributed by atoms with Crippen LogP contribution in [0.15, 0.2) is 72.8 Å². The Balaban J connectivity index is 1.66. The first-order valence-electron chi connectivity index (χ1n) is 11.1. The molecular formula is C27H27FN2O4. The topological polar surface area (TPSA) is 67.9 Å². The lowest BCUT2D eigenvalue weighted by Crippen LogP contribution is -2.45. The highest BCUT2D eigenvalue weighted by Gasteiger charge is 2.35. The van der Waals surface area contributed by atoms with E-state index in [1.807, 2.05) is 48.5 Å². The van der Waals surface area contributed by atoms with Gasteiger partial charge in [0.25, 0.3) is 5.91 Å². The van der Waals surface area contributed by atoms with Crippen LogP contribution in [0.25, 0.3) is 11.1 Å². The number of nitrogens with zero attached hydrogens (tertiary/aromatic N) is 1. The van der Waals surface area contributed by atoms with Crippen LogP contribution in [0.4, 0.5) is 14.9 Å². The molecule has 0 radical (unpaired) electrons. The van der Waals surface area contributed by atoms with Gasteiger partial charge in [-0.1, -0.05) is 42.5 Å². The van der Waals surface area contributed by atoms with Crippen LogP contribution >= 0.6 is 0 Å². The van der Waals surface area contributed by atoms with Crippen LogP contribution in [0.5, 0.6) is 5.75 Å². The summed E-state index contributed by atoms with van der Waals surface area (Å²) in [5.41, 5.74) is 2.43. The molecule has 34 heavy (non-hydrogen) atoms. The first-order valence-corrected chi connectivity index (χ1v) is 11.1. The molecule has 1 atom stereocenters. The van der Waals surface area contributed by atoms with Gasteiger partial charge in [-0.05, 0) is 62.2 Å². The number of benzene rings is 3. The van der Waals surface area contributed by atoms with E-state index in [9.17, 15) is 14.0 Å². The predicted octanol–water partition coefficient (Wildman–Crippen LogP) is 5.48. The summed E-state index contributed by atoms with van der Waals surface area (Å²) in [6, 6.07) is 19.9. The molecule has 0 aromatic heterocycles. The highest BCUT2D eigenvalue weighted by Crippen LogP contribution is 2.40. The summed E-state index contributed by atoms with van der Waals surface area (Å²) < 4.78 is 24.4. The van der Waals surface area contributed by atoms with Crippen molar-refractivity contribution in [1.82, 2.24) is 5.32 Å². The molecule has 0 saturated carbocycles. The second-order valence-corrected chi connectivity index (χ2v) is 8.98. The fourth-order valence-corrected chi connectivity index (χ4v) is 3.92. The Kier molecular flexibility index (Phi) is 6.54. The van der Waals surface area contributed by atoms with Crippen LogP contribution < -0.4 is 15.0 Å². The smallest absolute Gasteiger partial charge is 0.408 e. The molecule has 0 spiro atoms. The largest absolute Gasteiger partial charge is 0.492 e. The van der Waals surface area contributed by atoms with Crippen molar-refractivity contribution in [3.05, 3.63) is 84.2 Å². The van der Waals surface area contributed by atoms with Gasteiger partial charge >= 0.3 is 6.09 Å². The zero-order valence-corrected chi connectivity index (χ0v) is 19.4.